The third-order valence-corrected chi connectivity index (χ3v) is 23.7. The monoisotopic (exact) mass is 1010 g/mol. The van der Waals surface area contributed by atoms with Crippen LogP contribution >= 0.6 is 0 Å². The first-order valence-electron chi connectivity index (χ1n) is 27.8. The van der Waals surface area contributed by atoms with E-state index in [9.17, 15) is 0 Å². The normalized spacial score (nSPS) is 12.9. The SMILES string of the molecule is CC[SiH2]c1cc(C)cc(N(c2cc(C(C)(C)C)cc(C(C)(C)C)c2)c2c3ccc(C)cc3c(N(c3cc([SiH](CC)CC)cc([SiH](CC)CC)c3)c3cc(C(C)(C)C)cc(C(C)(C)C)c3)c3ccc(C)cc23)c1. The molecule has 0 aliphatic rings. The topological polar surface area (TPSA) is 6.48 Å². The molecule has 2 nitrogen and oxygen atoms in total. The van der Waals surface area contributed by atoms with Gasteiger partial charge in [-0.1, -0.05) is 223 Å². The summed E-state index contributed by atoms with van der Waals surface area (Å²) in [6.45, 7) is 47.6. The molecule has 0 aliphatic heterocycles. The zero-order valence-electron chi connectivity index (χ0n) is 48.7. The van der Waals surface area contributed by atoms with Gasteiger partial charge in [-0.2, -0.15) is 0 Å². The van der Waals surface area contributed by atoms with Gasteiger partial charge in [-0.25, -0.2) is 0 Å². The van der Waals surface area contributed by atoms with Crippen molar-refractivity contribution in [2.24, 2.45) is 0 Å². The molecule has 0 aliphatic carbocycles. The van der Waals surface area contributed by atoms with Crippen molar-refractivity contribution in [3.8, 4) is 0 Å². The minimum Gasteiger partial charge on any atom is -0.309 e. The molecule has 382 valence electrons. The first-order valence-corrected chi connectivity index (χ1v) is 34.0. The van der Waals surface area contributed by atoms with Crippen molar-refractivity contribution in [2.45, 2.75) is 190 Å². The van der Waals surface area contributed by atoms with Gasteiger partial charge in [-0.05, 0) is 131 Å². The minimum absolute atomic E-state index is 0.0491. The molecular formula is C67H92N2Si3. The molecule has 0 aromatic heterocycles. The van der Waals surface area contributed by atoms with Gasteiger partial charge in [-0.15, -0.1) is 0 Å². The Labute approximate surface area is 444 Å². The first kappa shape index (κ1) is 55.1. The third kappa shape index (κ3) is 11.6. The summed E-state index contributed by atoms with van der Waals surface area (Å²) in [5, 5.41) is 9.90. The summed E-state index contributed by atoms with van der Waals surface area (Å²) < 4.78 is 0. The predicted octanol–water partition coefficient (Wildman–Crippen LogP) is 17.2. The molecule has 7 aromatic carbocycles. The van der Waals surface area contributed by atoms with Crippen molar-refractivity contribution in [1.82, 2.24) is 0 Å². The van der Waals surface area contributed by atoms with E-state index in [-0.39, 0.29) is 21.7 Å². The molecule has 0 heterocycles. The Kier molecular flexibility index (Phi) is 16.3. The number of rotatable bonds is 14. The highest BCUT2D eigenvalue weighted by atomic mass is 28.3. The van der Waals surface area contributed by atoms with Crippen LogP contribution in [0, 0.1) is 20.8 Å². The van der Waals surface area contributed by atoms with E-state index >= 15 is 0 Å². The van der Waals surface area contributed by atoms with Crippen molar-refractivity contribution in [2.75, 3.05) is 9.80 Å². The van der Waals surface area contributed by atoms with Crippen molar-refractivity contribution in [1.29, 1.82) is 0 Å². The van der Waals surface area contributed by atoms with Crippen LogP contribution in [0.5, 0.6) is 0 Å². The number of benzene rings is 7. The van der Waals surface area contributed by atoms with E-state index in [4.69, 9.17) is 0 Å². The maximum atomic E-state index is 2.76. The van der Waals surface area contributed by atoms with Crippen molar-refractivity contribution >= 4 is 98.3 Å². The molecule has 0 bridgehead atoms. The number of aryl methyl sites for hydroxylation is 3. The van der Waals surface area contributed by atoms with Crippen LogP contribution in [0.4, 0.5) is 34.1 Å². The molecule has 7 aromatic rings. The molecule has 0 fully saturated rings. The second kappa shape index (κ2) is 21.3. The summed E-state index contributed by atoms with van der Waals surface area (Å²) in [6, 6.07) is 51.6. The maximum Gasteiger partial charge on any atom is 0.0703 e. The van der Waals surface area contributed by atoms with Gasteiger partial charge in [0, 0.05) is 44.3 Å². The van der Waals surface area contributed by atoms with Crippen LogP contribution in [0.15, 0.2) is 109 Å². The Balaban J connectivity index is 1.76. The van der Waals surface area contributed by atoms with Crippen molar-refractivity contribution in [3.05, 3.63) is 148 Å². The largest absolute Gasteiger partial charge is 0.309 e. The molecule has 0 atom stereocenters. The molecule has 0 saturated heterocycles. The summed E-state index contributed by atoms with van der Waals surface area (Å²) in [5.74, 6) is 0. The van der Waals surface area contributed by atoms with Gasteiger partial charge in [0.15, 0.2) is 0 Å². The fraction of sp³-hybridized carbons (Fsp3) is 0.433. The Morgan fingerprint density at radius 1 is 0.361 bits per heavy atom. The number of anilines is 6. The molecule has 0 amide bonds. The average Bonchev–Trinajstić information content (AvgIpc) is 3.29. The highest BCUT2D eigenvalue weighted by Gasteiger charge is 2.31. The Morgan fingerprint density at radius 2 is 0.708 bits per heavy atom. The second-order valence-corrected chi connectivity index (χ2v) is 35.5. The molecule has 5 heteroatoms. The lowest BCUT2D eigenvalue weighted by atomic mass is 9.80. The van der Waals surface area contributed by atoms with Crippen molar-refractivity contribution in [3.63, 3.8) is 0 Å². The lowest BCUT2D eigenvalue weighted by Gasteiger charge is -2.36. The van der Waals surface area contributed by atoms with E-state index in [0.29, 0.717) is 0 Å². The lowest BCUT2D eigenvalue weighted by Crippen LogP contribution is -2.37. The summed E-state index contributed by atoms with van der Waals surface area (Å²) in [5.41, 5.74) is 16.7. The predicted molar refractivity (Wildman–Crippen MR) is 334 cm³/mol. The molecule has 72 heavy (non-hydrogen) atoms. The summed E-state index contributed by atoms with van der Waals surface area (Å²) in [4.78, 5) is 5.45. The van der Waals surface area contributed by atoms with E-state index in [1.165, 1.54) is 130 Å². The highest BCUT2D eigenvalue weighted by Crippen LogP contribution is 2.53. The van der Waals surface area contributed by atoms with Crippen LogP contribution < -0.4 is 25.4 Å². The molecular weight excluding hydrogens is 917 g/mol. The van der Waals surface area contributed by atoms with Crippen LogP contribution in [0.1, 0.15) is 157 Å². The van der Waals surface area contributed by atoms with Crippen LogP contribution in [0.3, 0.4) is 0 Å². The van der Waals surface area contributed by atoms with Crippen LogP contribution in [0.2, 0.25) is 30.2 Å². The quantitative estimate of drug-likeness (QED) is 0.0609. The number of fused-ring (bicyclic) bond motifs is 2. The van der Waals surface area contributed by atoms with E-state index in [2.05, 4.69) is 257 Å². The minimum atomic E-state index is -1.23. The standard InChI is InChI=1S/C67H92N2Si3/c1-21-70-55-31-46(8)30-51(40-55)68(52-36-47(64(9,10)11)34-48(37-52)65(12,13)14)62-58-28-26-45(7)33-61(58)63(59-29-27-44(6)32-60(59)62)69(53-38-49(66(15,16)17)35-50(39-53)67(18,19)20)54-41-56(71(22-2)23-3)43-57(42-54)72(24-4)25-5/h26-43,71-72H,21-25,70H2,1-20H3. The van der Waals surface area contributed by atoms with Crippen LogP contribution in [-0.2, 0) is 21.7 Å². The van der Waals surface area contributed by atoms with E-state index < -0.39 is 27.1 Å². The molecule has 0 spiro atoms. The number of hydrogen-bond donors (Lipinski definition) is 0. The van der Waals surface area contributed by atoms with Crippen molar-refractivity contribution < 1.29 is 0 Å². The van der Waals surface area contributed by atoms with Gasteiger partial charge in [0.05, 0.1) is 38.5 Å². The molecule has 0 N–H and O–H groups in total. The van der Waals surface area contributed by atoms with Crippen LogP contribution in [0.25, 0.3) is 21.5 Å². The fourth-order valence-electron chi connectivity index (χ4n) is 11.1. The first-order chi connectivity index (χ1) is 33.7. The highest BCUT2D eigenvalue weighted by molar-refractivity contribution is 6.76. The Bertz CT molecular complexity index is 2970. The maximum absolute atomic E-state index is 2.76. The number of hydrogen-bond acceptors (Lipinski definition) is 2. The van der Waals surface area contributed by atoms with Gasteiger partial charge in [-0.3, -0.25) is 0 Å². The van der Waals surface area contributed by atoms with E-state index in [1.54, 1.807) is 10.4 Å². The van der Waals surface area contributed by atoms with Crippen LogP contribution in [-0.4, -0.2) is 27.1 Å². The Hall–Kier alpha value is -4.69. The van der Waals surface area contributed by atoms with Gasteiger partial charge < -0.3 is 9.80 Å². The van der Waals surface area contributed by atoms with Gasteiger partial charge in [0.1, 0.15) is 0 Å². The summed E-state index contributed by atoms with van der Waals surface area (Å²) in [7, 11) is -2.92. The zero-order valence-corrected chi connectivity index (χ0v) is 52.4. The number of nitrogens with zero attached hydrogens (tertiary/aromatic N) is 2. The smallest absolute Gasteiger partial charge is 0.0703 e. The third-order valence-electron chi connectivity index (χ3n) is 15.7. The average molecular weight is 1010 g/mol. The van der Waals surface area contributed by atoms with E-state index in [0.717, 1.165) is 0 Å². The molecule has 0 radical (unpaired) electrons. The lowest BCUT2D eigenvalue weighted by molar-refractivity contribution is 0.568. The summed E-state index contributed by atoms with van der Waals surface area (Å²) in [6.07, 6.45) is 0. The Morgan fingerprint density at radius 3 is 1.04 bits per heavy atom. The second-order valence-electron chi connectivity index (χ2n) is 25.8. The van der Waals surface area contributed by atoms with E-state index in [1.807, 2.05) is 0 Å². The van der Waals surface area contributed by atoms with Gasteiger partial charge in [0.2, 0.25) is 0 Å². The zero-order chi connectivity index (χ0) is 52.8. The fourth-order valence-corrected chi connectivity index (χ4v) is 17.4. The summed E-state index contributed by atoms with van der Waals surface area (Å²) >= 11 is 0. The van der Waals surface area contributed by atoms with Gasteiger partial charge in [0.25, 0.3) is 0 Å². The van der Waals surface area contributed by atoms with Gasteiger partial charge >= 0.3 is 0 Å². The molecule has 0 saturated carbocycles. The molecule has 7 rings (SSSR count). The molecule has 0 unspecified atom stereocenters.